The molecule has 8 N–H and O–H groups in total. The van der Waals surface area contributed by atoms with Crippen LogP contribution in [0.3, 0.4) is 0 Å². The molecule has 20 heteroatoms. The normalized spacial score (nSPS) is 11.1. The number of nitrogens with two attached hydrogens (primary N) is 4. The summed E-state index contributed by atoms with van der Waals surface area (Å²) in [4.78, 5) is 8.45. The summed E-state index contributed by atoms with van der Waals surface area (Å²) in [5.74, 6) is -0.526. The monoisotopic (exact) mass is 1140 g/mol. The number of aryl methyl sites for hydroxylation is 7. The van der Waals surface area contributed by atoms with Crippen LogP contribution >= 0.6 is 31.9 Å². The van der Waals surface area contributed by atoms with Crippen LogP contribution in [0.1, 0.15) is 33.5 Å². The zero-order valence-corrected chi connectivity index (χ0v) is 44.2. The number of hydrogen-bond donors (Lipinski definition) is 4. The highest BCUT2D eigenvalue weighted by atomic mass is 79.9. The Morgan fingerprint density at radius 3 is 1.30 bits per heavy atom. The number of hydrogen-bond acceptors (Lipinski definition) is 9. The molecule has 14 nitrogen and oxygen atoms in total. The molecule has 70 heavy (non-hydrogen) atoms. The molecule has 0 radical (unpaired) electrons. The lowest BCUT2D eigenvalue weighted by Gasteiger charge is -2.10. The molecule has 370 valence electrons. The van der Waals surface area contributed by atoms with Crippen molar-refractivity contribution in [2.45, 2.75) is 53.8 Å². The third kappa shape index (κ3) is 19.6. The topological polar surface area (TPSA) is 242 Å². The van der Waals surface area contributed by atoms with Crippen molar-refractivity contribution in [3.05, 3.63) is 219 Å². The summed E-state index contributed by atoms with van der Waals surface area (Å²) in [5, 5.41) is 15.2. The van der Waals surface area contributed by atoms with Crippen LogP contribution in [0.4, 0.5) is 4.39 Å². The molecule has 0 saturated heterocycles. The molecule has 0 amide bonds. The van der Waals surface area contributed by atoms with E-state index in [-0.39, 0.29) is 19.2 Å². The number of benzene rings is 6. The second-order valence-corrected chi connectivity index (χ2v) is 21.9. The molecule has 0 unspecified atom stereocenters. The van der Waals surface area contributed by atoms with Crippen LogP contribution in [-0.4, -0.2) is 44.4 Å². The molecule has 0 aliphatic heterocycles. The molecule has 0 fully saturated rings. The highest BCUT2D eigenvalue weighted by molar-refractivity contribution is 9.10. The maximum Gasteiger partial charge on any atom is 0.238 e. The Bertz CT molecular complexity index is 3240. The Balaban J connectivity index is 0.000000205. The van der Waals surface area contributed by atoms with E-state index >= 15 is 0 Å². The third-order valence-corrected chi connectivity index (χ3v) is 14.0. The van der Waals surface area contributed by atoms with Crippen LogP contribution < -0.4 is 21.2 Å². The number of aromatic nitrogens is 4. The number of rotatable bonds is 11. The van der Waals surface area contributed by atoms with Crippen molar-refractivity contribution in [1.82, 2.24) is 19.1 Å². The molecule has 0 spiro atoms. The smallest absolute Gasteiger partial charge is 0.238 e. The van der Waals surface area contributed by atoms with Gasteiger partial charge >= 0.3 is 0 Å². The average Bonchev–Trinajstić information content (AvgIpc) is 3.95. The molecule has 8 rings (SSSR count). The van der Waals surface area contributed by atoms with E-state index in [4.69, 9.17) is 21.2 Å². The summed E-state index contributed by atoms with van der Waals surface area (Å²) in [6.45, 7) is 2.61. The summed E-state index contributed by atoms with van der Waals surface area (Å²) in [6.07, 6.45) is 10.7. The molecular formula is C50H55Br2FN8O6S3. The molecule has 0 aliphatic rings. The van der Waals surface area contributed by atoms with Crippen molar-refractivity contribution in [3.63, 3.8) is 0 Å². The van der Waals surface area contributed by atoms with Gasteiger partial charge in [-0.25, -0.2) is 55.0 Å². The minimum atomic E-state index is -3.74. The first-order valence-electron chi connectivity index (χ1n) is 21.2. The molecule has 2 aromatic heterocycles. The summed E-state index contributed by atoms with van der Waals surface area (Å²) >= 11 is 6.24. The van der Waals surface area contributed by atoms with Crippen LogP contribution in [0.2, 0.25) is 0 Å². The number of nitrogens with zero attached hydrogens (tertiary/aromatic N) is 4. The highest BCUT2D eigenvalue weighted by Gasteiger charge is 2.15. The summed E-state index contributed by atoms with van der Waals surface area (Å²) in [5.41, 5.74) is 13.8. The van der Waals surface area contributed by atoms with Crippen LogP contribution in [0, 0.1) is 12.7 Å². The lowest BCUT2D eigenvalue weighted by molar-refractivity contribution is 0.594. The fourth-order valence-corrected chi connectivity index (χ4v) is 9.19. The van der Waals surface area contributed by atoms with Crippen molar-refractivity contribution in [1.29, 1.82) is 0 Å². The molecule has 0 saturated carbocycles. The SMILES string of the molecule is Cc1cn(C)cn1.Cn1cnc(-c2cc(S(N)(=O)=O)ccc2CCc2ccccc2)c1.NCc1ccccc1.NS(=O)(=O)c1ccc(CCc2ccccc2)c(Br)c1.NS(=O)(=O)c1ccc(F)c(Br)c1. The minimum Gasteiger partial charge on any atom is -0.340 e. The summed E-state index contributed by atoms with van der Waals surface area (Å²) in [7, 11) is -7.29. The first-order chi connectivity index (χ1) is 33.0. The van der Waals surface area contributed by atoms with Crippen molar-refractivity contribution in [2.24, 2.45) is 35.2 Å². The van der Waals surface area contributed by atoms with Gasteiger partial charge in [0.05, 0.1) is 43.2 Å². The van der Waals surface area contributed by atoms with Gasteiger partial charge in [0.25, 0.3) is 0 Å². The van der Waals surface area contributed by atoms with Gasteiger partial charge in [0.2, 0.25) is 30.1 Å². The van der Waals surface area contributed by atoms with Gasteiger partial charge in [-0.05, 0) is 119 Å². The van der Waals surface area contributed by atoms with Crippen molar-refractivity contribution in [2.75, 3.05) is 0 Å². The standard InChI is InChI=1S/C18H19N3O2S.C14H14BrNO2S.C7H9N.C6H5BrFNO2S.C5H8N2/c1-21-12-18(20-13-21)17-11-16(24(19,22)23)10-9-15(17)8-7-14-5-3-2-4-6-14;15-14-10-13(19(16,17)18)9-8-12(14)7-6-11-4-2-1-3-5-11;8-6-7-4-2-1-3-5-7;7-5-3-4(12(9,10)11)1-2-6(5)8;1-5-3-7(2)4-6-5/h2-6,9-13H,7-8H2,1H3,(H2,19,22,23);1-5,8-10H,6-7H2,(H2,16,17,18);1-5H,6,8H2;1-3H,(H2,9,10,11);3-4H,1-2H3. The fourth-order valence-electron chi connectivity index (χ4n) is 6.31. The van der Waals surface area contributed by atoms with Crippen molar-refractivity contribution < 1.29 is 29.6 Å². The first-order valence-corrected chi connectivity index (χ1v) is 27.5. The zero-order valence-electron chi connectivity index (χ0n) is 38.6. The van der Waals surface area contributed by atoms with Crippen LogP contribution in [0.25, 0.3) is 11.3 Å². The Morgan fingerprint density at radius 2 is 0.929 bits per heavy atom. The number of halogens is 3. The lowest BCUT2D eigenvalue weighted by Crippen LogP contribution is -2.12. The molecule has 8 aromatic rings. The van der Waals surface area contributed by atoms with Crippen LogP contribution in [0.15, 0.2) is 194 Å². The van der Waals surface area contributed by atoms with Crippen molar-refractivity contribution in [3.8, 4) is 11.3 Å². The van der Waals surface area contributed by atoms with Gasteiger partial charge in [-0.15, -0.1) is 0 Å². The zero-order chi connectivity index (χ0) is 51.5. The molecular weight excluding hydrogens is 1080 g/mol. The van der Waals surface area contributed by atoms with Crippen molar-refractivity contribution >= 4 is 61.9 Å². The Hall–Kier alpha value is -5.68. The Morgan fingerprint density at radius 1 is 0.514 bits per heavy atom. The van der Waals surface area contributed by atoms with Gasteiger partial charge in [-0.1, -0.05) is 119 Å². The summed E-state index contributed by atoms with van der Waals surface area (Å²) < 4.78 is 84.5. The van der Waals surface area contributed by atoms with Crippen LogP contribution in [-0.2, 0) is 76.4 Å². The van der Waals surface area contributed by atoms with E-state index in [0.717, 1.165) is 76.4 Å². The van der Waals surface area contributed by atoms with Gasteiger partial charge in [0.1, 0.15) is 5.82 Å². The fraction of sp³-hybridized carbons (Fsp3) is 0.160. The predicted octanol–water partition coefficient (Wildman–Crippen LogP) is 8.51. The molecule has 6 aromatic carbocycles. The molecule has 0 aliphatic carbocycles. The van der Waals surface area contributed by atoms with Crippen LogP contribution in [0.5, 0.6) is 0 Å². The largest absolute Gasteiger partial charge is 0.340 e. The minimum absolute atomic E-state index is 0.0778. The van der Waals surface area contributed by atoms with E-state index in [0.29, 0.717) is 6.54 Å². The Kier molecular flexibility index (Phi) is 22.0. The third-order valence-electron chi connectivity index (χ3n) is 9.93. The molecule has 2 heterocycles. The van der Waals surface area contributed by atoms with Gasteiger partial charge < -0.3 is 14.9 Å². The van der Waals surface area contributed by atoms with Gasteiger partial charge in [-0.2, -0.15) is 0 Å². The Labute approximate surface area is 427 Å². The van der Waals surface area contributed by atoms with E-state index in [2.05, 4.69) is 66.1 Å². The van der Waals surface area contributed by atoms with Gasteiger partial charge in [0.15, 0.2) is 0 Å². The highest BCUT2D eigenvalue weighted by Crippen LogP contribution is 2.27. The van der Waals surface area contributed by atoms with E-state index in [1.54, 1.807) is 43.0 Å². The molecule has 0 atom stereocenters. The van der Waals surface area contributed by atoms with E-state index in [1.807, 2.05) is 115 Å². The van der Waals surface area contributed by atoms with Gasteiger partial charge in [0, 0.05) is 43.1 Å². The number of imidazole rings is 2. The van der Waals surface area contributed by atoms with E-state index < -0.39 is 35.9 Å². The predicted molar refractivity (Wildman–Crippen MR) is 281 cm³/mol. The quantitative estimate of drug-likeness (QED) is 0.0969. The maximum absolute atomic E-state index is 12.6. The number of sulfonamides is 3. The summed E-state index contributed by atoms with van der Waals surface area (Å²) in [6, 6.07) is 43.5. The maximum atomic E-state index is 12.6. The van der Waals surface area contributed by atoms with E-state index in [9.17, 15) is 29.6 Å². The lowest BCUT2D eigenvalue weighted by atomic mass is 9.98. The second-order valence-electron chi connectivity index (χ2n) is 15.5. The average molecular weight is 1140 g/mol. The number of primary sulfonamides is 3. The second kappa shape index (κ2) is 27.1. The first kappa shape index (κ1) is 56.9. The van der Waals surface area contributed by atoms with Gasteiger partial charge in [-0.3, -0.25) is 0 Å². The van der Waals surface area contributed by atoms with E-state index in [1.165, 1.54) is 16.7 Å². The molecule has 0 bridgehead atoms.